The fourth-order valence-electron chi connectivity index (χ4n) is 2.71. The summed E-state index contributed by atoms with van der Waals surface area (Å²) in [6.45, 7) is 5.86. The van der Waals surface area contributed by atoms with Gasteiger partial charge in [-0.1, -0.05) is 11.6 Å². The van der Waals surface area contributed by atoms with Crippen molar-refractivity contribution >= 4 is 34.7 Å². The highest BCUT2D eigenvalue weighted by molar-refractivity contribution is 6.34. The summed E-state index contributed by atoms with van der Waals surface area (Å²) in [6.07, 6.45) is 0. The Balaban J connectivity index is 2.31. The van der Waals surface area contributed by atoms with E-state index in [-0.39, 0.29) is 16.5 Å². The van der Waals surface area contributed by atoms with E-state index >= 15 is 0 Å². The summed E-state index contributed by atoms with van der Waals surface area (Å²) in [5, 5.41) is 10.8. The van der Waals surface area contributed by atoms with Crippen molar-refractivity contribution in [1.82, 2.24) is 0 Å². The number of hydrogen-bond donors (Lipinski definition) is 1. The fraction of sp³-hybridized carbons (Fsp3) is 0.364. The fourth-order valence-corrected chi connectivity index (χ4v) is 2.95. The molecule has 0 heterocycles. The average molecular weight is 464 g/mol. The van der Waals surface area contributed by atoms with Crippen molar-refractivity contribution in [2.24, 2.45) is 10.2 Å². The normalized spacial score (nSPS) is 11.7. The van der Waals surface area contributed by atoms with Gasteiger partial charge in [0, 0.05) is 30.3 Å². The van der Waals surface area contributed by atoms with Gasteiger partial charge in [0.15, 0.2) is 5.78 Å². The van der Waals surface area contributed by atoms with Gasteiger partial charge in [-0.15, -0.1) is 0 Å². The molecule has 0 saturated heterocycles. The van der Waals surface area contributed by atoms with Crippen molar-refractivity contribution in [1.29, 1.82) is 0 Å². The number of anilines is 1. The van der Waals surface area contributed by atoms with Gasteiger partial charge in [-0.3, -0.25) is 9.59 Å². The lowest BCUT2D eigenvalue weighted by Crippen LogP contribution is -2.32. The molecule has 10 heteroatoms. The van der Waals surface area contributed by atoms with Gasteiger partial charge < -0.3 is 24.3 Å². The number of nitrogens with one attached hydrogen (secondary N) is 1. The molecule has 0 fully saturated rings. The number of ether oxygens (including phenoxy) is 4. The Morgan fingerprint density at radius 1 is 0.969 bits per heavy atom. The molecule has 2 rings (SSSR count). The molecule has 0 radical (unpaired) electrons. The maximum absolute atomic E-state index is 12.8. The lowest BCUT2D eigenvalue weighted by molar-refractivity contribution is -0.126. The third kappa shape index (κ3) is 6.58. The summed E-state index contributed by atoms with van der Waals surface area (Å²) in [5.41, 5.74) is 0.567. The molecular weight excluding hydrogens is 438 g/mol. The Bertz CT molecular complexity index is 972. The number of nitrogens with zero attached hydrogens (tertiary/aromatic N) is 2. The molecule has 1 atom stereocenters. The van der Waals surface area contributed by atoms with Crippen LogP contribution in [-0.4, -0.2) is 45.2 Å². The molecule has 172 valence electrons. The average Bonchev–Trinajstić information content (AvgIpc) is 2.75. The second-order valence-corrected chi connectivity index (χ2v) is 6.84. The second kappa shape index (κ2) is 11.9. The van der Waals surface area contributed by atoms with Gasteiger partial charge in [-0.2, -0.15) is 10.2 Å². The Kier molecular flexibility index (Phi) is 9.27. The minimum absolute atomic E-state index is 0.180. The molecule has 32 heavy (non-hydrogen) atoms. The van der Waals surface area contributed by atoms with Crippen molar-refractivity contribution in [3.63, 3.8) is 0 Å². The number of benzene rings is 2. The van der Waals surface area contributed by atoms with Gasteiger partial charge in [-0.25, -0.2) is 0 Å². The summed E-state index contributed by atoms with van der Waals surface area (Å²) >= 11 is 6.25. The summed E-state index contributed by atoms with van der Waals surface area (Å²) in [6, 6.07) is 6.66. The monoisotopic (exact) mass is 463 g/mol. The van der Waals surface area contributed by atoms with Crippen LogP contribution in [0.25, 0.3) is 0 Å². The minimum Gasteiger partial charge on any atom is -0.497 e. The predicted octanol–water partition coefficient (Wildman–Crippen LogP) is 4.83. The summed E-state index contributed by atoms with van der Waals surface area (Å²) in [4.78, 5) is 24.9. The number of ketones is 1. The number of carbonyl (C=O) groups is 2. The van der Waals surface area contributed by atoms with Crippen LogP contribution in [-0.2, 0) is 9.59 Å². The Morgan fingerprint density at radius 3 is 2.09 bits per heavy atom. The van der Waals surface area contributed by atoms with E-state index in [4.69, 9.17) is 30.5 Å². The van der Waals surface area contributed by atoms with E-state index < -0.39 is 17.7 Å². The topological polar surface area (TPSA) is 108 Å². The van der Waals surface area contributed by atoms with E-state index in [0.717, 1.165) is 0 Å². The molecule has 0 aliphatic carbocycles. The van der Waals surface area contributed by atoms with Gasteiger partial charge in [0.05, 0.1) is 38.1 Å². The molecule has 1 N–H and O–H groups in total. The lowest BCUT2D eigenvalue weighted by atomic mass is 10.2. The molecular formula is C22H26ClN3O6. The van der Waals surface area contributed by atoms with Crippen LogP contribution < -0.4 is 24.3 Å². The summed E-state index contributed by atoms with van der Waals surface area (Å²) in [7, 11) is 2.90. The van der Waals surface area contributed by atoms with Crippen molar-refractivity contribution in [3.8, 4) is 23.0 Å². The van der Waals surface area contributed by atoms with E-state index in [1.165, 1.54) is 27.2 Å². The lowest BCUT2D eigenvalue weighted by Gasteiger charge is -2.15. The number of hydrogen-bond acceptors (Lipinski definition) is 8. The molecule has 0 aliphatic rings. The first-order chi connectivity index (χ1) is 15.3. The second-order valence-electron chi connectivity index (χ2n) is 6.43. The number of amides is 1. The third-order valence-electron chi connectivity index (χ3n) is 4.14. The highest BCUT2D eigenvalue weighted by atomic mass is 35.5. The Hall–Kier alpha value is -3.33. The predicted molar refractivity (Wildman–Crippen MR) is 121 cm³/mol. The third-order valence-corrected chi connectivity index (χ3v) is 4.44. The van der Waals surface area contributed by atoms with Crippen molar-refractivity contribution in [2.75, 3.05) is 32.8 Å². The molecule has 1 amide bonds. The SMILES string of the molecule is CCOc1cc(N=NC(C(C)=O)C(=O)Nc2c(Cl)cc(OC)cc2OC)cc(OCC)c1. The molecule has 0 aliphatic heterocycles. The zero-order valence-electron chi connectivity index (χ0n) is 18.6. The maximum Gasteiger partial charge on any atom is 0.258 e. The van der Waals surface area contributed by atoms with Gasteiger partial charge in [-0.05, 0) is 20.8 Å². The summed E-state index contributed by atoms with van der Waals surface area (Å²) < 4.78 is 21.4. The van der Waals surface area contributed by atoms with Crippen LogP contribution >= 0.6 is 11.6 Å². The molecule has 2 aromatic rings. The van der Waals surface area contributed by atoms with Crippen molar-refractivity contribution in [3.05, 3.63) is 35.4 Å². The molecule has 0 saturated carbocycles. The zero-order valence-corrected chi connectivity index (χ0v) is 19.4. The number of rotatable bonds is 11. The van der Waals surface area contributed by atoms with Crippen LogP contribution in [0.1, 0.15) is 20.8 Å². The van der Waals surface area contributed by atoms with Crippen LogP contribution in [0.15, 0.2) is 40.6 Å². The molecule has 2 aromatic carbocycles. The largest absolute Gasteiger partial charge is 0.497 e. The molecule has 0 aromatic heterocycles. The van der Waals surface area contributed by atoms with E-state index in [9.17, 15) is 9.59 Å². The van der Waals surface area contributed by atoms with Crippen LogP contribution in [0, 0.1) is 0 Å². The number of methoxy groups -OCH3 is 2. The quantitative estimate of drug-likeness (QED) is 0.377. The van der Waals surface area contributed by atoms with E-state index in [1.807, 2.05) is 13.8 Å². The zero-order chi connectivity index (χ0) is 23.7. The Labute approximate surface area is 191 Å². The van der Waals surface area contributed by atoms with Crippen LogP contribution in [0.5, 0.6) is 23.0 Å². The van der Waals surface area contributed by atoms with E-state index in [0.29, 0.717) is 36.1 Å². The number of halogens is 1. The van der Waals surface area contributed by atoms with Crippen LogP contribution in [0.2, 0.25) is 5.02 Å². The first-order valence-electron chi connectivity index (χ1n) is 9.87. The minimum atomic E-state index is -1.40. The van der Waals surface area contributed by atoms with Crippen molar-refractivity contribution < 1.29 is 28.5 Å². The highest BCUT2D eigenvalue weighted by Gasteiger charge is 2.25. The smallest absolute Gasteiger partial charge is 0.258 e. The standard InChI is InChI=1S/C22H26ClN3O6/c1-6-31-16-8-14(9-17(10-16)32-7-2)25-26-20(13(3)27)22(28)24-21-18(23)11-15(29-4)12-19(21)30-5/h8-12,20H,6-7H2,1-5H3,(H,24,28). The van der Waals surface area contributed by atoms with E-state index in [1.54, 1.807) is 24.3 Å². The van der Waals surface area contributed by atoms with Crippen LogP contribution in [0.4, 0.5) is 11.4 Å². The number of carbonyl (C=O) groups excluding carboxylic acids is 2. The highest BCUT2D eigenvalue weighted by Crippen LogP contribution is 2.37. The first kappa shape index (κ1) is 24.9. The molecule has 1 unspecified atom stereocenters. The van der Waals surface area contributed by atoms with Gasteiger partial charge in [0.1, 0.15) is 28.7 Å². The van der Waals surface area contributed by atoms with Gasteiger partial charge in [0.25, 0.3) is 5.91 Å². The maximum atomic E-state index is 12.8. The van der Waals surface area contributed by atoms with Gasteiger partial charge in [0.2, 0.25) is 6.04 Å². The molecule has 0 bridgehead atoms. The molecule has 0 spiro atoms. The molecule has 9 nitrogen and oxygen atoms in total. The van der Waals surface area contributed by atoms with Gasteiger partial charge >= 0.3 is 0 Å². The van der Waals surface area contributed by atoms with Crippen molar-refractivity contribution in [2.45, 2.75) is 26.8 Å². The first-order valence-corrected chi connectivity index (χ1v) is 10.2. The number of Topliss-reactive ketones (excluding diaryl/α,β-unsaturated/α-hetero) is 1. The van der Waals surface area contributed by atoms with Crippen LogP contribution in [0.3, 0.4) is 0 Å². The number of azo groups is 1. The summed E-state index contributed by atoms with van der Waals surface area (Å²) in [5.74, 6) is 0.579. The van der Waals surface area contributed by atoms with E-state index in [2.05, 4.69) is 15.5 Å². The Morgan fingerprint density at radius 2 is 1.59 bits per heavy atom.